The van der Waals surface area contributed by atoms with Crippen molar-refractivity contribution in [3.8, 4) is 0 Å². The van der Waals surface area contributed by atoms with E-state index in [9.17, 15) is 4.79 Å². The fraction of sp³-hybridized carbons (Fsp3) is 0.583. The standard InChI is InChI=1S/C12H19N5OS/c1-12(10(13)18)4-5-17(7-12)9-6-8(14-2)15-11(16-9)19-3/h6H,4-5,7H2,1-3H3,(H2,13,18)(H,14,15,16). The van der Waals surface area contributed by atoms with Gasteiger partial charge in [0.05, 0.1) is 5.41 Å². The summed E-state index contributed by atoms with van der Waals surface area (Å²) in [5.41, 5.74) is 5.00. The van der Waals surface area contributed by atoms with E-state index < -0.39 is 5.41 Å². The molecule has 0 aliphatic carbocycles. The first-order valence-corrected chi connectivity index (χ1v) is 7.36. The van der Waals surface area contributed by atoms with E-state index >= 15 is 0 Å². The molecule has 0 bridgehead atoms. The average molecular weight is 281 g/mol. The molecule has 1 amide bonds. The van der Waals surface area contributed by atoms with Gasteiger partial charge in [-0.05, 0) is 19.6 Å². The van der Waals surface area contributed by atoms with Crippen molar-refractivity contribution in [2.75, 3.05) is 36.6 Å². The number of nitrogens with one attached hydrogen (secondary N) is 1. The molecule has 0 saturated carbocycles. The van der Waals surface area contributed by atoms with Crippen molar-refractivity contribution in [3.63, 3.8) is 0 Å². The van der Waals surface area contributed by atoms with E-state index in [-0.39, 0.29) is 5.91 Å². The van der Waals surface area contributed by atoms with E-state index in [1.165, 1.54) is 11.8 Å². The third kappa shape index (κ3) is 2.75. The van der Waals surface area contributed by atoms with E-state index in [4.69, 9.17) is 5.73 Å². The zero-order valence-electron chi connectivity index (χ0n) is 11.4. The number of rotatable bonds is 4. The molecular weight excluding hydrogens is 262 g/mol. The van der Waals surface area contributed by atoms with Gasteiger partial charge in [0, 0.05) is 26.2 Å². The molecule has 1 unspecified atom stereocenters. The van der Waals surface area contributed by atoms with E-state index in [1.54, 1.807) is 0 Å². The number of carbonyl (C=O) groups is 1. The number of anilines is 2. The molecule has 6 nitrogen and oxygen atoms in total. The molecule has 2 heterocycles. The van der Waals surface area contributed by atoms with Crippen LogP contribution in [0.3, 0.4) is 0 Å². The molecule has 1 saturated heterocycles. The monoisotopic (exact) mass is 281 g/mol. The summed E-state index contributed by atoms with van der Waals surface area (Å²) in [5.74, 6) is 1.37. The third-order valence-corrected chi connectivity index (χ3v) is 4.07. The molecule has 2 rings (SSSR count). The topological polar surface area (TPSA) is 84.1 Å². The van der Waals surface area contributed by atoms with Gasteiger partial charge < -0.3 is 16.0 Å². The van der Waals surface area contributed by atoms with Crippen molar-refractivity contribution in [1.82, 2.24) is 9.97 Å². The molecule has 19 heavy (non-hydrogen) atoms. The molecule has 1 aromatic heterocycles. The molecule has 104 valence electrons. The average Bonchev–Trinajstić information content (AvgIpc) is 2.82. The highest BCUT2D eigenvalue weighted by molar-refractivity contribution is 7.98. The Morgan fingerprint density at radius 3 is 2.84 bits per heavy atom. The van der Waals surface area contributed by atoms with E-state index in [0.717, 1.165) is 29.8 Å². The Balaban J connectivity index is 2.26. The minimum absolute atomic E-state index is 0.247. The fourth-order valence-electron chi connectivity index (χ4n) is 2.15. The lowest BCUT2D eigenvalue weighted by Gasteiger charge is -2.22. The number of aromatic nitrogens is 2. The third-order valence-electron chi connectivity index (χ3n) is 3.52. The first kappa shape index (κ1) is 13.9. The largest absolute Gasteiger partial charge is 0.373 e. The summed E-state index contributed by atoms with van der Waals surface area (Å²) in [6, 6.07) is 1.90. The molecule has 0 aromatic carbocycles. The molecule has 1 aliphatic heterocycles. The molecule has 1 aromatic rings. The highest BCUT2D eigenvalue weighted by Crippen LogP contribution is 2.33. The highest BCUT2D eigenvalue weighted by Gasteiger charge is 2.39. The van der Waals surface area contributed by atoms with Crippen LogP contribution in [0.15, 0.2) is 11.2 Å². The van der Waals surface area contributed by atoms with Crippen LogP contribution < -0.4 is 16.0 Å². The van der Waals surface area contributed by atoms with E-state index in [2.05, 4.69) is 20.2 Å². The fourth-order valence-corrected chi connectivity index (χ4v) is 2.53. The van der Waals surface area contributed by atoms with Gasteiger partial charge in [0.25, 0.3) is 0 Å². The van der Waals surface area contributed by atoms with Crippen molar-refractivity contribution in [3.05, 3.63) is 6.07 Å². The number of amides is 1. The molecule has 7 heteroatoms. The Kier molecular flexibility index (Phi) is 3.84. The van der Waals surface area contributed by atoms with Crippen molar-refractivity contribution < 1.29 is 4.79 Å². The summed E-state index contributed by atoms with van der Waals surface area (Å²) in [7, 11) is 1.83. The molecule has 3 N–H and O–H groups in total. The Labute approximate surface area is 117 Å². The Morgan fingerprint density at radius 1 is 1.58 bits per heavy atom. The maximum atomic E-state index is 11.5. The van der Waals surface area contributed by atoms with Crippen LogP contribution in [0.2, 0.25) is 0 Å². The second kappa shape index (κ2) is 5.24. The number of nitrogens with two attached hydrogens (primary N) is 1. The van der Waals surface area contributed by atoms with E-state index in [1.807, 2.05) is 26.3 Å². The first-order valence-electron chi connectivity index (χ1n) is 6.14. The number of primary amides is 1. The normalized spacial score (nSPS) is 22.6. The quantitative estimate of drug-likeness (QED) is 0.631. The van der Waals surface area contributed by atoms with Gasteiger partial charge >= 0.3 is 0 Å². The van der Waals surface area contributed by atoms with Gasteiger partial charge in [0.15, 0.2) is 5.16 Å². The van der Waals surface area contributed by atoms with Gasteiger partial charge in [-0.3, -0.25) is 4.79 Å². The number of thioether (sulfide) groups is 1. The maximum Gasteiger partial charge on any atom is 0.225 e. The number of hydrogen-bond acceptors (Lipinski definition) is 6. The number of carbonyl (C=O) groups excluding carboxylic acids is 1. The second-order valence-electron chi connectivity index (χ2n) is 4.94. The number of hydrogen-bond donors (Lipinski definition) is 2. The van der Waals surface area contributed by atoms with Crippen LogP contribution in [0.5, 0.6) is 0 Å². The summed E-state index contributed by atoms with van der Waals surface area (Å²) >= 11 is 1.50. The summed E-state index contributed by atoms with van der Waals surface area (Å²) < 4.78 is 0. The van der Waals surface area contributed by atoms with Crippen LogP contribution >= 0.6 is 11.8 Å². The summed E-state index contributed by atoms with van der Waals surface area (Å²) in [6.45, 7) is 3.30. The van der Waals surface area contributed by atoms with Gasteiger partial charge in [0.2, 0.25) is 5.91 Å². The summed E-state index contributed by atoms with van der Waals surface area (Å²) in [4.78, 5) is 22.4. The zero-order valence-corrected chi connectivity index (χ0v) is 12.3. The van der Waals surface area contributed by atoms with Gasteiger partial charge in [-0.25, -0.2) is 9.97 Å². The van der Waals surface area contributed by atoms with Gasteiger partial charge in [0.1, 0.15) is 11.6 Å². The van der Waals surface area contributed by atoms with Crippen molar-refractivity contribution >= 4 is 29.3 Å². The Morgan fingerprint density at radius 2 is 2.32 bits per heavy atom. The summed E-state index contributed by atoms with van der Waals surface area (Å²) in [5, 5.41) is 3.74. The lowest BCUT2D eigenvalue weighted by molar-refractivity contribution is -0.125. The van der Waals surface area contributed by atoms with Crippen molar-refractivity contribution in [2.45, 2.75) is 18.5 Å². The van der Waals surface area contributed by atoms with Gasteiger partial charge in [-0.1, -0.05) is 11.8 Å². The van der Waals surface area contributed by atoms with Crippen LogP contribution in [0, 0.1) is 5.41 Å². The molecule has 1 fully saturated rings. The predicted octanol–water partition coefficient (Wildman–Crippen LogP) is 0.942. The number of nitrogens with zero attached hydrogens (tertiary/aromatic N) is 3. The predicted molar refractivity (Wildman–Crippen MR) is 77.5 cm³/mol. The lowest BCUT2D eigenvalue weighted by atomic mass is 9.89. The summed E-state index contributed by atoms with van der Waals surface area (Å²) in [6.07, 6.45) is 2.70. The van der Waals surface area contributed by atoms with E-state index in [0.29, 0.717) is 6.54 Å². The highest BCUT2D eigenvalue weighted by atomic mass is 32.2. The minimum atomic E-state index is -0.468. The van der Waals surface area contributed by atoms with Gasteiger partial charge in [-0.2, -0.15) is 0 Å². The van der Waals surface area contributed by atoms with Crippen LogP contribution in [0.4, 0.5) is 11.6 Å². The SMILES string of the molecule is CNc1cc(N2CCC(C)(C(N)=O)C2)nc(SC)n1. The van der Waals surface area contributed by atoms with Crippen molar-refractivity contribution in [1.29, 1.82) is 0 Å². The van der Waals surface area contributed by atoms with Gasteiger partial charge in [-0.15, -0.1) is 0 Å². The Bertz CT molecular complexity index is 473. The lowest BCUT2D eigenvalue weighted by Crippen LogP contribution is -2.37. The van der Waals surface area contributed by atoms with Crippen LogP contribution in [0.25, 0.3) is 0 Å². The molecule has 0 radical (unpaired) electrons. The zero-order chi connectivity index (χ0) is 14.0. The maximum absolute atomic E-state index is 11.5. The van der Waals surface area contributed by atoms with Crippen LogP contribution in [0.1, 0.15) is 13.3 Å². The smallest absolute Gasteiger partial charge is 0.225 e. The van der Waals surface area contributed by atoms with Crippen LogP contribution in [-0.4, -0.2) is 42.3 Å². The van der Waals surface area contributed by atoms with Crippen molar-refractivity contribution in [2.24, 2.45) is 11.1 Å². The molecule has 1 aliphatic rings. The second-order valence-corrected chi connectivity index (χ2v) is 5.72. The van der Waals surface area contributed by atoms with Crippen LogP contribution in [-0.2, 0) is 4.79 Å². The first-order chi connectivity index (χ1) is 8.98. The minimum Gasteiger partial charge on any atom is -0.373 e. The molecule has 1 atom stereocenters. The molecular formula is C12H19N5OS. The Hall–Kier alpha value is -1.50. The molecule has 0 spiro atoms.